The van der Waals surface area contributed by atoms with Gasteiger partial charge in [0.1, 0.15) is 0 Å². The second-order valence-electron chi connectivity index (χ2n) is 3.50. The van der Waals surface area contributed by atoms with Crippen molar-refractivity contribution >= 4 is 38.4 Å². The van der Waals surface area contributed by atoms with Gasteiger partial charge in [-0.3, -0.25) is 4.79 Å². The lowest BCUT2D eigenvalue weighted by Crippen LogP contribution is -2.15. The zero-order valence-corrected chi connectivity index (χ0v) is 10.4. The molecule has 1 amide bonds. The van der Waals surface area contributed by atoms with Crippen molar-refractivity contribution in [1.82, 2.24) is 0 Å². The average molecular weight is 262 g/mol. The van der Waals surface area contributed by atoms with E-state index in [0.717, 1.165) is 0 Å². The molecule has 5 nitrogen and oxygen atoms in total. The molecule has 0 aliphatic heterocycles. The number of benzene rings is 1. The number of rotatable bonds is 2. The van der Waals surface area contributed by atoms with E-state index in [4.69, 9.17) is 17.3 Å². The topological polar surface area (TPSA) is 84.5 Å². The molecular weight excluding hydrogens is 250 g/mol. The van der Waals surface area contributed by atoms with E-state index in [1.807, 2.05) is 0 Å². The number of nitroso groups, excluding NO2 is 1. The summed E-state index contributed by atoms with van der Waals surface area (Å²) in [6, 6.07) is 4.72. The summed E-state index contributed by atoms with van der Waals surface area (Å²) in [6.07, 6.45) is 2.99. The summed E-state index contributed by atoms with van der Waals surface area (Å²) in [6.45, 7) is 0. The normalized spacial score (nSPS) is 11.9. The van der Waals surface area contributed by atoms with Crippen LogP contribution in [0.15, 0.2) is 22.8 Å². The number of carbonyl (C=O) groups is 1. The minimum absolute atomic E-state index is 0.364. The van der Waals surface area contributed by atoms with E-state index >= 15 is 0 Å². The van der Waals surface area contributed by atoms with Gasteiger partial charge < -0.3 is 11.1 Å². The summed E-state index contributed by atoms with van der Waals surface area (Å²) < 4.78 is 2.82. The van der Waals surface area contributed by atoms with Crippen LogP contribution in [0.5, 0.6) is 0 Å². The van der Waals surface area contributed by atoms with Crippen LogP contribution >= 0.6 is 21.8 Å². The lowest BCUT2D eigenvalue weighted by Gasteiger charge is -2.20. The Bertz CT molecular complexity index is 437. The van der Waals surface area contributed by atoms with Crippen LogP contribution in [0.3, 0.4) is 0 Å². The monoisotopic (exact) mass is 261 g/mol. The van der Waals surface area contributed by atoms with Crippen molar-refractivity contribution in [3.63, 3.8) is 0 Å². The van der Waals surface area contributed by atoms with Gasteiger partial charge in [-0.25, -0.2) is 0 Å². The first-order valence-electron chi connectivity index (χ1n) is 4.31. The smallest absolute Gasteiger partial charge is 0.287 e. The Morgan fingerprint density at radius 2 is 2.12 bits per heavy atom. The highest BCUT2D eigenvalue weighted by molar-refractivity contribution is 8.43. The molecule has 0 atom stereocenters. The van der Waals surface area contributed by atoms with Crippen molar-refractivity contribution in [1.29, 1.82) is 0 Å². The zero-order valence-electron chi connectivity index (χ0n) is 8.86. The minimum atomic E-state index is -2.21. The molecule has 3 N–H and O–H groups in total. The number of nitrogens with one attached hydrogen (secondary N) is 1. The molecule has 0 aliphatic carbocycles. The largest absolute Gasteiger partial charge is 0.399 e. The molecule has 0 bridgehead atoms. The quantitative estimate of drug-likeness (QED) is 0.633. The molecule has 0 radical (unpaired) electrons. The molecule has 0 saturated carbocycles. The Balaban J connectivity index is 2.93. The van der Waals surface area contributed by atoms with E-state index in [1.54, 1.807) is 12.1 Å². The molecule has 1 aromatic carbocycles. The Morgan fingerprint density at radius 3 is 2.69 bits per heavy atom. The molecule has 0 spiro atoms. The Morgan fingerprint density at radius 1 is 1.50 bits per heavy atom. The average Bonchev–Trinajstić information content (AvgIpc) is 2.23. The Hall–Kier alpha value is -1.27. The maximum atomic E-state index is 11.7. The van der Waals surface area contributed by atoms with Crippen molar-refractivity contribution in [2.75, 3.05) is 23.6 Å². The number of nitrogens with zero attached hydrogens (tertiary/aromatic N) is 1. The maximum Gasteiger partial charge on any atom is 0.287 e. The summed E-state index contributed by atoms with van der Waals surface area (Å²) in [5.41, 5.74) is 6.42. The fourth-order valence-corrected chi connectivity index (χ4v) is 1.50. The predicted molar refractivity (Wildman–Crippen MR) is 70.1 cm³/mol. The van der Waals surface area contributed by atoms with Gasteiger partial charge in [0.25, 0.3) is 5.24 Å². The van der Waals surface area contributed by atoms with Crippen molar-refractivity contribution in [2.45, 2.75) is 0 Å². The predicted octanol–water partition coefficient (Wildman–Crippen LogP) is 3.20. The second kappa shape index (κ2) is 4.71. The first-order valence-corrected chi connectivity index (χ1v) is 7.09. The molecule has 0 aliphatic rings. The van der Waals surface area contributed by atoms with Crippen LogP contribution in [0.25, 0.3) is 0 Å². The van der Waals surface area contributed by atoms with E-state index in [9.17, 15) is 9.70 Å². The van der Waals surface area contributed by atoms with E-state index in [-0.39, 0.29) is 0 Å². The van der Waals surface area contributed by atoms with Gasteiger partial charge in [0.05, 0.1) is 10.7 Å². The number of hydrogen-bond donors (Lipinski definition) is 2. The van der Waals surface area contributed by atoms with E-state index in [2.05, 4.69) is 9.90 Å². The fraction of sp³-hybridized carbons (Fsp3) is 0.222. The van der Waals surface area contributed by atoms with Gasteiger partial charge in [0, 0.05) is 5.69 Å². The number of nitrogens with two attached hydrogens (primary N) is 1. The zero-order chi connectivity index (χ0) is 12.3. The standard InChI is InChI=1S/C9H12ClN3O2S/c1-16(2,13-15)9(14)12-8-5-6(11)3-4-7(8)10/h3-5H,11H2,1-2H3,(H,12,14). The number of amides is 1. The lowest BCUT2D eigenvalue weighted by atomic mass is 10.3. The van der Waals surface area contributed by atoms with Crippen LogP contribution in [0.4, 0.5) is 16.2 Å². The first-order chi connectivity index (χ1) is 7.36. The molecule has 0 fully saturated rings. The summed E-state index contributed by atoms with van der Waals surface area (Å²) in [7, 11) is -2.21. The van der Waals surface area contributed by atoms with Gasteiger partial charge in [-0.15, -0.1) is 4.91 Å². The van der Waals surface area contributed by atoms with Gasteiger partial charge in [-0.1, -0.05) is 11.6 Å². The molecule has 0 unspecified atom stereocenters. The summed E-state index contributed by atoms with van der Waals surface area (Å²) in [4.78, 5) is 22.1. The highest BCUT2D eigenvalue weighted by Gasteiger charge is 2.23. The highest BCUT2D eigenvalue weighted by atomic mass is 35.5. The van der Waals surface area contributed by atoms with E-state index in [1.165, 1.54) is 18.6 Å². The summed E-state index contributed by atoms with van der Waals surface area (Å²) in [5, 5.41) is 2.45. The van der Waals surface area contributed by atoms with Gasteiger partial charge in [-0.05, 0) is 45.5 Å². The van der Waals surface area contributed by atoms with Crippen LogP contribution in [0.2, 0.25) is 5.02 Å². The van der Waals surface area contributed by atoms with Crippen molar-refractivity contribution in [2.24, 2.45) is 4.58 Å². The van der Waals surface area contributed by atoms with Gasteiger partial charge in [-0.2, -0.15) is 0 Å². The molecule has 88 valence electrons. The third kappa shape index (κ3) is 2.86. The second-order valence-corrected chi connectivity index (χ2v) is 6.97. The maximum absolute atomic E-state index is 11.7. The van der Waals surface area contributed by atoms with Crippen LogP contribution in [0, 0.1) is 4.91 Å². The molecule has 7 heteroatoms. The summed E-state index contributed by atoms with van der Waals surface area (Å²) in [5.74, 6) is 0. The van der Waals surface area contributed by atoms with Gasteiger partial charge in [0.15, 0.2) is 0 Å². The third-order valence-electron chi connectivity index (χ3n) is 1.87. The molecule has 0 aromatic heterocycles. The Kier molecular flexibility index (Phi) is 3.77. The lowest BCUT2D eigenvalue weighted by molar-refractivity contribution is 0.269. The third-order valence-corrected chi connectivity index (χ3v) is 3.58. The number of anilines is 2. The van der Waals surface area contributed by atoms with Crippen LogP contribution in [-0.4, -0.2) is 17.8 Å². The number of hydrogen-bond acceptors (Lipinski definition) is 4. The van der Waals surface area contributed by atoms with E-state index < -0.39 is 15.5 Å². The number of carbonyl (C=O) groups excluding carboxylic acids is 1. The molecule has 0 saturated heterocycles. The van der Waals surface area contributed by atoms with Crippen molar-refractivity contribution < 1.29 is 4.79 Å². The van der Waals surface area contributed by atoms with Crippen LogP contribution in [0.1, 0.15) is 0 Å². The van der Waals surface area contributed by atoms with Gasteiger partial charge in [0.2, 0.25) is 0 Å². The molecule has 1 aromatic rings. The number of nitrogen functional groups attached to an aromatic ring is 1. The molecule has 1 rings (SSSR count). The molecule has 16 heavy (non-hydrogen) atoms. The summed E-state index contributed by atoms with van der Waals surface area (Å²) >= 11 is 5.86. The van der Waals surface area contributed by atoms with Crippen LogP contribution < -0.4 is 11.1 Å². The van der Waals surface area contributed by atoms with Crippen molar-refractivity contribution in [3.8, 4) is 0 Å². The SMILES string of the molecule is CS(C)(N=O)C(=O)Nc1cc(N)ccc1Cl. The molecule has 0 heterocycles. The Labute approximate surface area is 99.8 Å². The first kappa shape index (κ1) is 12.8. The molecular formula is C9H12ClN3O2S. The minimum Gasteiger partial charge on any atom is -0.399 e. The fourth-order valence-electron chi connectivity index (χ4n) is 0.907. The van der Waals surface area contributed by atoms with Gasteiger partial charge >= 0.3 is 0 Å². The van der Waals surface area contributed by atoms with Crippen LogP contribution in [-0.2, 0) is 0 Å². The van der Waals surface area contributed by atoms with Crippen molar-refractivity contribution in [3.05, 3.63) is 28.1 Å². The number of halogens is 1. The highest BCUT2D eigenvalue weighted by Crippen LogP contribution is 2.43. The van der Waals surface area contributed by atoms with E-state index in [0.29, 0.717) is 16.4 Å².